The van der Waals surface area contributed by atoms with Crippen molar-refractivity contribution in [3.8, 4) is 0 Å². The van der Waals surface area contributed by atoms with Crippen molar-refractivity contribution in [1.82, 2.24) is 30.5 Å². The van der Waals surface area contributed by atoms with E-state index in [0.717, 1.165) is 34.0 Å². The maximum Gasteiger partial charge on any atom is 0.209 e. The third kappa shape index (κ3) is 3.76. The van der Waals surface area contributed by atoms with Crippen LogP contribution in [-0.2, 0) is 12.3 Å². The predicted octanol–water partition coefficient (Wildman–Crippen LogP) is 1.34. The van der Waals surface area contributed by atoms with Crippen LogP contribution in [0.4, 0.5) is 0 Å². The minimum atomic E-state index is 0.766. The van der Waals surface area contributed by atoms with Gasteiger partial charge in [0.2, 0.25) is 5.16 Å². The second-order valence-corrected chi connectivity index (χ2v) is 5.45. The summed E-state index contributed by atoms with van der Waals surface area (Å²) >= 11 is 5.01. The van der Waals surface area contributed by atoms with Crippen LogP contribution in [-0.4, -0.2) is 38.8 Å². The smallest absolute Gasteiger partial charge is 0.209 e. The van der Waals surface area contributed by atoms with E-state index in [0.29, 0.717) is 0 Å². The summed E-state index contributed by atoms with van der Waals surface area (Å²) in [5.41, 5.74) is 1.14. The van der Waals surface area contributed by atoms with Crippen LogP contribution in [0.5, 0.6) is 0 Å². The fourth-order valence-corrected chi connectivity index (χ4v) is 2.58. The Bertz CT molecular complexity index is 503. The number of rotatable bonds is 6. The second kappa shape index (κ2) is 6.81. The summed E-state index contributed by atoms with van der Waals surface area (Å²) in [5, 5.41) is 15.6. The van der Waals surface area contributed by atoms with Gasteiger partial charge in [-0.15, -0.1) is 5.10 Å². The summed E-state index contributed by atoms with van der Waals surface area (Å²) < 4.78 is 2.78. The molecule has 96 valence electrons. The van der Waals surface area contributed by atoms with E-state index in [1.165, 1.54) is 0 Å². The predicted molar refractivity (Wildman–Crippen MR) is 73.2 cm³/mol. The summed E-state index contributed by atoms with van der Waals surface area (Å²) in [6.45, 7) is 1.61. The van der Waals surface area contributed by atoms with Crippen molar-refractivity contribution in [3.05, 3.63) is 28.5 Å². The first-order chi connectivity index (χ1) is 8.79. The van der Waals surface area contributed by atoms with Crippen LogP contribution < -0.4 is 5.32 Å². The lowest BCUT2D eigenvalue weighted by Crippen LogP contribution is -2.16. The first-order valence-electron chi connectivity index (χ1n) is 5.42. The van der Waals surface area contributed by atoms with Gasteiger partial charge in [0.25, 0.3) is 0 Å². The zero-order chi connectivity index (χ0) is 12.8. The maximum atomic E-state index is 4.13. The molecular formula is C10H13BrN6S. The monoisotopic (exact) mass is 328 g/mol. The fraction of sp³-hybridized carbons (Fsp3) is 0.400. The number of hydrogen-bond acceptors (Lipinski definition) is 6. The summed E-state index contributed by atoms with van der Waals surface area (Å²) in [5.74, 6) is 0.798. The first kappa shape index (κ1) is 13.4. The van der Waals surface area contributed by atoms with E-state index in [1.807, 2.05) is 19.3 Å². The molecule has 2 heterocycles. The molecule has 0 atom stereocenters. The van der Waals surface area contributed by atoms with Gasteiger partial charge in [0.15, 0.2) is 0 Å². The number of nitrogens with zero attached hydrogens (tertiary/aromatic N) is 5. The quantitative estimate of drug-likeness (QED) is 0.807. The number of nitrogens with one attached hydrogen (secondary N) is 1. The van der Waals surface area contributed by atoms with Crippen molar-refractivity contribution in [2.45, 2.75) is 17.5 Å². The highest BCUT2D eigenvalue weighted by Gasteiger charge is 2.06. The Morgan fingerprint density at radius 3 is 3.11 bits per heavy atom. The van der Waals surface area contributed by atoms with Crippen LogP contribution in [0.2, 0.25) is 0 Å². The molecule has 2 aromatic heterocycles. The Morgan fingerprint density at radius 1 is 1.44 bits per heavy atom. The van der Waals surface area contributed by atoms with Crippen LogP contribution in [0.15, 0.2) is 28.1 Å². The van der Waals surface area contributed by atoms with E-state index < -0.39 is 0 Å². The number of aromatic nitrogens is 5. The van der Waals surface area contributed by atoms with Gasteiger partial charge < -0.3 is 5.32 Å². The van der Waals surface area contributed by atoms with Crippen LogP contribution in [0.1, 0.15) is 5.56 Å². The van der Waals surface area contributed by atoms with Gasteiger partial charge in [0, 0.05) is 29.2 Å². The van der Waals surface area contributed by atoms with Gasteiger partial charge in [0.1, 0.15) is 0 Å². The van der Waals surface area contributed by atoms with Crippen LogP contribution in [0.3, 0.4) is 0 Å². The molecule has 0 unspecified atom stereocenters. The van der Waals surface area contributed by atoms with Crippen molar-refractivity contribution in [3.63, 3.8) is 0 Å². The molecule has 0 saturated carbocycles. The van der Waals surface area contributed by atoms with Gasteiger partial charge in [-0.2, -0.15) is 0 Å². The highest BCUT2D eigenvalue weighted by molar-refractivity contribution is 9.10. The summed E-state index contributed by atoms with van der Waals surface area (Å²) in [4.78, 5) is 4.13. The largest absolute Gasteiger partial charge is 0.318 e. The molecule has 0 bridgehead atoms. The fourth-order valence-electron chi connectivity index (χ4n) is 1.34. The highest BCUT2D eigenvalue weighted by atomic mass is 79.9. The lowest BCUT2D eigenvalue weighted by atomic mass is 10.3. The van der Waals surface area contributed by atoms with E-state index in [1.54, 1.807) is 22.6 Å². The van der Waals surface area contributed by atoms with Crippen molar-refractivity contribution in [1.29, 1.82) is 0 Å². The molecule has 8 heteroatoms. The van der Waals surface area contributed by atoms with E-state index in [-0.39, 0.29) is 0 Å². The Balaban J connectivity index is 1.95. The van der Waals surface area contributed by atoms with Crippen molar-refractivity contribution < 1.29 is 0 Å². The lowest BCUT2D eigenvalue weighted by molar-refractivity contribution is 0.530. The molecule has 0 amide bonds. The third-order valence-corrected chi connectivity index (χ3v) is 3.66. The maximum absolute atomic E-state index is 4.13. The van der Waals surface area contributed by atoms with Crippen molar-refractivity contribution in [2.75, 3.05) is 13.6 Å². The number of halogens is 1. The number of hydrogen-bond donors (Lipinski definition) is 1. The first-order valence-corrected chi connectivity index (χ1v) is 7.20. The SMILES string of the molecule is CNCCn1nnnc1SCc1cncc(Br)c1. The van der Waals surface area contributed by atoms with Gasteiger partial charge in [-0.05, 0) is 45.0 Å². The molecule has 1 N–H and O–H groups in total. The second-order valence-electron chi connectivity index (χ2n) is 3.59. The average molecular weight is 329 g/mol. The Hall–Kier alpha value is -0.990. The zero-order valence-electron chi connectivity index (χ0n) is 9.88. The number of pyridine rings is 1. The Kier molecular flexibility index (Phi) is 5.09. The van der Waals surface area contributed by atoms with Gasteiger partial charge in [-0.25, -0.2) is 4.68 Å². The molecule has 18 heavy (non-hydrogen) atoms. The van der Waals surface area contributed by atoms with Crippen LogP contribution in [0.25, 0.3) is 0 Å². The minimum absolute atomic E-state index is 0.766. The van der Waals surface area contributed by atoms with Crippen molar-refractivity contribution >= 4 is 27.7 Å². The lowest BCUT2D eigenvalue weighted by Gasteiger charge is -2.03. The summed E-state index contributed by atoms with van der Waals surface area (Å²) in [7, 11) is 1.91. The number of tetrazole rings is 1. The van der Waals surface area contributed by atoms with Crippen LogP contribution >= 0.6 is 27.7 Å². The normalized spacial score (nSPS) is 10.8. The molecule has 2 rings (SSSR count). The van der Waals surface area contributed by atoms with Gasteiger partial charge in [-0.1, -0.05) is 11.8 Å². The number of likely N-dealkylation sites (N-methyl/N-ethyl adjacent to an activating group) is 1. The molecule has 0 aromatic carbocycles. The molecule has 6 nitrogen and oxygen atoms in total. The third-order valence-electron chi connectivity index (χ3n) is 2.20. The van der Waals surface area contributed by atoms with Gasteiger partial charge in [0.05, 0.1) is 6.54 Å². The number of thioether (sulfide) groups is 1. The highest BCUT2D eigenvalue weighted by Crippen LogP contribution is 2.20. The molecule has 0 fully saturated rings. The topological polar surface area (TPSA) is 68.5 Å². The van der Waals surface area contributed by atoms with Crippen molar-refractivity contribution in [2.24, 2.45) is 0 Å². The Labute approximate surface area is 118 Å². The standard InChI is InChI=1S/C10H13BrN6S/c1-12-2-3-17-10(14-15-16-17)18-7-8-4-9(11)6-13-5-8/h4-6,12H,2-3,7H2,1H3. The van der Waals surface area contributed by atoms with E-state index in [9.17, 15) is 0 Å². The van der Waals surface area contributed by atoms with E-state index in [4.69, 9.17) is 0 Å². The molecule has 0 saturated heterocycles. The average Bonchev–Trinajstić information content (AvgIpc) is 2.81. The minimum Gasteiger partial charge on any atom is -0.318 e. The Morgan fingerprint density at radius 2 is 2.33 bits per heavy atom. The molecule has 0 aliphatic rings. The molecule has 0 spiro atoms. The molecule has 2 aromatic rings. The zero-order valence-corrected chi connectivity index (χ0v) is 12.3. The molecule has 0 radical (unpaired) electrons. The van der Waals surface area contributed by atoms with E-state index >= 15 is 0 Å². The molecular weight excluding hydrogens is 316 g/mol. The van der Waals surface area contributed by atoms with Crippen LogP contribution in [0, 0.1) is 0 Å². The molecule has 0 aliphatic carbocycles. The summed E-state index contributed by atoms with van der Waals surface area (Å²) in [6, 6.07) is 2.04. The van der Waals surface area contributed by atoms with Gasteiger partial charge in [-0.3, -0.25) is 4.98 Å². The molecule has 0 aliphatic heterocycles. The van der Waals surface area contributed by atoms with E-state index in [2.05, 4.69) is 41.8 Å². The van der Waals surface area contributed by atoms with Gasteiger partial charge >= 0.3 is 0 Å². The summed E-state index contributed by atoms with van der Waals surface area (Å²) in [6.07, 6.45) is 3.62.